The second kappa shape index (κ2) is 7.59. The van der Waals surface area contributed by atoms with E-state index in [0.717, 1.165) is 21.4 Å². The summed E-state index contributed by atoms with van der Waals surface area (Å²) < 4.78 is 2.11. The average Bonchev–Trinajstić information content (AvgIpc) is 3.06. The Labute approximate surface area is 166 Å². The molecule has 0 aliphatic carbocycles. The normalized spacial score (nSPS) is 10.7. The van der Waals surface area contributed by atoms with Crippen LogP contribution < -0.4 is 0 Å². The van der Waals surface area contributed by atoms with E-state index in [-0.39, 0.29) is 10.6 Å². The molecule has 0 spiro atoms. The van der Waals surface area contributed by atoms with Crippen LogP contribution in [0.25, 0.3) is 10.9 Å². The third-order valence-electron chi connectivity index (χ3n) is 4.44. The molecule has 0 aliphatic rings. The number of nitro groups is 1. The Morgan fingerprint density at radius 3 is 2.61 bits per heavy atom. The summed E-state index contributed by atoms with van der Waals surface area (Å²) in [7, 11) is 0. The number of rotatable bonds is 5. The lowest BCUT2D eigenvalue weighted by atomic mass is 10.1. The first-order valence-electron chi connectivity index (χ1n) is 8.64. The van der Waals surface area contributed by atoms with Gasteiger partial charge >= 0.3 is 0 Å². The molecule has 0 bridgehead atoms. The van der Waals surface area contributed by atoms with Crippen LogP contribution >= 0.6 is 11.8 Å². The zero-order valence-electron chi connectivity index (χ0n) is 14.8. The van der Waals surface area contributed by atoms with Gasteiger partial charge in [-0.15, -0.1) is 0 Å². The van der Waals surface area contributed by atoms with Crippen LogP contribution in [0, 0.1) is 21.4 Å². The molecule has 0 saturated heterocycles. The van der Waals surface area contributed by atoms with Crippen LogP contribution in [0.2, 0.25) is 0 Å². The van der Waals surface area contributed by atoms with Crippen molar-refractivity contribution in [3.05, 3.63) is 100 Å². The first-order chi connectivity index (χ1) is 13.7. The quantitative estimate of drug-likeness (QED) is 0.330. The Kier molecular flexibility index (Phi) is 4.83. The predicted molar refractivity (Wildman–Crippen MR) is 109 cm³/mol. The fourth-order valence-electron chi connectivity index (χ4n) is 3.17. The molecule has 0 saturated carbocycles. The SMILES string of the molecule is N#Cc1cccc(Cn2cc(Sc3ccccc3[N+](=O)[O-])c3ccccc32)c1. The standard InChI is InChI=1S/C22H15N3O2S/c23-13-16-6-5-7-17(12-16)14-24-15-22(18-8-1-2-9-19(18)24)28-21-11-4-3-10-20(21)25(26)27/h1-12,15H,14H2. The summed E-state index contributed by atoms with van der Waals surface area (Å²) in [6.45, 7) is 0.619. The minimum absolute atomic E-state index is 0.103. The minimum atomic E-state index is -0.352. The van der Waals surface area contributed by atoms with E-state index >= 15 is 0 Å². The van der Waals surface area contributed by atoms with Crippen LogP contribution in [0.4, 0.5) is 5.69 Å². The molecular formula is C22H15N3O2S. The molecule has 0 atom stereocenters. The molecule has 0 radical (unpaired) electrons. The lowest BCUT2D eigenvalue weighted by Gasteiger charge is -2.05. The van der Waals surface area contributed by atoms with Crippen molar-refractivity contribution in [3.8, 4) is 6.07 Å². The Hall–Kier alpha value is -3.56. The Morgan fingerprint density at radius 2 is 1.79 bits per heavy atom. The van der Waals surface area contributed by atoms with Crippen molar-refractivity contribution >= 4 is 28.4 Å². The van der Waals surface area contributed by atoms with Gasteiger partial charge in [-0.1, -0.05) is 54.2 Å². The molecule has 4 rings (SSSR count). The summed E-state index contributed by atoms with van der Waals surface area (Å²) in [5, 5.41) is 21.5. The molecule has 5 nitrogen and oxygen atoms in total. The smallest absolute Gasteiger partial charge is 0.283 e. The number of benzene rings is 3. The molecule has 0 amide bonds. The van der Waals surface area contributed by atoms with Crippen LogP contribution in [-0.4, -0.2) is 9.49 Å². The van der Waals surface area contributed by atoms with Crippen molar-refractivity contribution in [3.63, 3.8) is 0 Å². The first kappa shape index (κ1) is 17.8. The summed E-state index contributed by atoms with van der Waals surface area (Å²) in [6.07, 6.45) is 2.02. The van der Waals surface area contributed by atoms with Crippen molar-refractivity contribution < 1.29 is 4.92 Å². The van der Waals surface area contributed by atoms with Crippen molar-refractivity contribution in [1.82, 2.24) is 4.57 Å². The summed E-state index contributed by atoms with van der Waals surface area (Å²) in [5.74, 6) is 0. The molecule has 4 aromatic rings. The van der Waals surface area contributed by atoms with Gasteiger partial charge in [0.15, 0.2) is 0 Å². The third-order valence-corrected chi connectivity index (χ3v) is 5.55. The van der Waals surface area contributed by atoms with E-state index in [4.69, 9.17) is 5.26 Å². The Balaban J connectivity index is 1.75. The second-order valence-corrected chi connectivity index (χ2v) is 7.36. The van der Waals surface area contributed by atoms with E-state index in [9.17, 15) is 10.1 Å². The molecule has 28 heavy (non-hydrogen) atoms. The maximum atomic E-state index is 11.3. The number of hydrogen-bond donors (Lipinski definition) is 0. The van der Waals surface area contributed by atoms with Crippen LogP contribution in [0.5, 0.6) is 0 Å². The molecular weight excluding hydrogens is 370 g/mol. The summed E-state index contributed by atoms with van der Waals surface area (Å²) in [5.41, 5.74) is 2.81. The highest BCUT2D eigenvalue weighted by Crippen LogP contribution is 2.39. The molecule has 0 unspecified atom stereocenters. The number of hydrogen-bond acceptors (Lipinski definition) is 4. The van der Waals surface area contributed by atoms with Gasteiger partial charge in [0, 0.05) is 34.6 Å². The molecule has 6 heteroatoms. The van der Waals surface area contributed by atoms with Gasteiger partial charge in [0.05, 0.1) is 21.5 Å². The van der Waals surface area contributed by atoms with E-state index in [1.807, 2.05) is 54.7 Å². The van der Waals surface area contributed by atoms with Gasteiger partial charge in [0.1, 0.15) is 0 Å². The first-order valence-corrected chi connectivity index (χ1v) is 9.45. The van der Waals surface area contributed by atoms with Gasteiger partial charge in [0.25, 0.3) is 5.69 Å². The zero-order chi connectivity index (χ0) is 19.5. The average molecular weight is 385 g/mol. The van der Waals surface area contributed by atoms with Crippen molar-refractivity contribution in [2.45, 2.75) is 16.3 Å². The maximum Gasteiger partial charge on any atom is 0.283 e. The number of nitriles is 1. The van der Waals surface area contributed by atoms with Gasteiger partial charge in [0.2, 0.25) is 0 Å². The van der Waals surface area contributed by atoms with Gasteiger partial charge in [-0.05, 0) is 29.8 Å². The van der Waals surface area contributed by atoms with Crippen molar-refractivity contribution in [2.24, 2.45) is 0 Å². The van der Waals surface area contributed by atoms with E-state index in [2.05, 4.69) is 10.6 Å². The van der Waals surface area contributed by atoms with E-state index in [1.165, 1.54) is 17.8 Å². The molecule has 1 aromatic heterocycles. The zero-order valence-corrected chi connectivity index (χ0v) is 15.6. The maximum absolute atomic E-state index is 11.3. The monoisotopic (exact) mass is 385 g/mol. The highest BCUT2D eigenvalue weighted by atomic mass is 32.2. The molecule has 1 heterocycles. The summed E-state index contributed by atoms with van der Waals surface area (Å²) in [4.78, 5) is 12.6. The van der Waals surface area contributed by atoms with Gasteiger partial charge < -0.3 is 4.57 Å². The van der Waals surface area contributed by atoms with Crippen LogP contribution in [0.1, 0.15) is 11.1 Å². The fourth-order valence-corrected chi connectivity index (χ4v) is 4.27. The second-order valence-electron chi connectivity index (χ2n) is 6.28. The number of nitro benzene ring substituents is 1. The summed E-state index contributed by atoms with van der Waals surface area (Å²) >= 11 is 1.40. The number of aromatic nitrogens is 1. The van der Waals surface area contributed by atoms with Gasteiger partial charge in [-0.2, -0.15) is 5.26 Å². The van der Waals surface area contributed by atoms with Gasteiger partial charge in [-0.3, -0.25) is 10.1 Å². The lowest BCUT2D eigenvalue weighted by Crippen LogP contribution is -1.98. The molecule has 0 fully saturated rings. The Bertz CT molecular complexity index is 1220. The van der Waals surface area contributed by atoms with Crippen molar-refractivity contribution in [2.75, 3.05) is 0 Å². The highest BCUT2D eigenvalue weighted by Gasteiger charge is 2.16. The largest absolute Gasteiger partial charge is 0.342 e. The fraction of sp³-hybridized carbons (Fsp3) is 0.0455. The van der Waals surface area contributed by atoms with Crippen LogP contribution in [0.3, 0.4) is 0 Å². The topological polar surface area (TPSA) is 71.9 Å². The summed E-state index contributed by atoms with van der Waals surface area (Å²) in [6, 6.07) is 24.5. The number of nitrogens with zero attached hydrogens (tertiary/aromatic N) is 3. The van der Waals surface area contributed by atoms with Crippen LogP contribution in [0.15, 0.2) is 88.8 Å². The van der Waals surface area contributed by atoms with Crippen molar-refractivity contribution in [1.29, 1.82) is 5.26 Å². The number of para-hydroxylation sites is 2. The molecule has 136 valence electrons. The number of fused-ring (bicyclic) bond motifs is 1. The van der Waals surface area contributed by atoms with E-state index in [1.54, 1.807) is 18.2 Å². The van der Waals surface area contributed by atoms with Crippen LogP contribution in [-0.2, 0) is 6.54 Å². The van der Waals surface area contributed by atoms with E-state index in [0.29, 0.717) is 17.0 Å². The predicted octanol–water partition coefficient (Wildman–Crippen LogP) is 5.62. The minimum Gasteiger partial charge on any atom is -0.342 e. The molecule has 3 aromatic carbocycles. The van der Waals surface area contributed by atoms with E-state index < -0.39 is 0 Å². The molecule has 0 N–H and O–H groups in total. The third kappa shape index (κ3) is 3.48. The Morgan fingerprint density at radius 1 is 1.00 bits per heavy atom. The highest BCUT2D eigenvalue weighted by molar-refractivity contribution is 7.99. The van der Waals surface area contributed by atoms with Gasteiger partial charge in [-0.25, -0.2) is 0 Å². The molecule has 0 aliphatic heterocycles. The lowest BCUT2D eigenvalue weighted by molar-refractivity contribution is -0.387.